The number of nitrogens with zero attached hydrogens (tertiary/aromatic N) is 5. The van der Waals surface area contributed by atoms with Gasteiger partial charge in [-0.25, -0.2) is 15.0 Å². The number of rotatable bonds is 4. The number of aromatic nitrogens is 4. The smallest absolute Gasteiger partial charge is 0.274 e. The topological polar surface area (TPSA) is 63.4 Å². The Kier molecular flexibility index (Phi) is 3.99. The molecule has 0 atom stereocenters. The highest BCUT2D eigenvalue weighted by atomic mass is 32.1. The fourth-order valence-electron chi connectivity index (χ4n) is 2.54. The van der Waals surface area contributed by atoms with Gasteiger partial charge < -0.3 is 4.90 Å². The second kappa shape index (κ2) is 6.45. The van der Waals surface area contributed by atoms with Gasteiger partial charge >= 0.3 is 0 Å². The molecule has 4 aromatic rings. The number of hydrogen-bond donors (Lipinski definition) is 0. The lowest BCUT2D eigenvalue weighted by Crippen LogP contribution is -2.26. The minimum atomic E-state index is -0.153. The number of thiazole rings is 1. The van der Waals surface area contributed by atoms with Crippen LogP contribution in [0.25, 0.3) is 16.3 Å². The largest absolute Gasteiger partial charge is 0.334 e. The van der Waals surface area contributed by atoms with Gasteiger partial charge in [-0.3, -0.25) is 9.20 Å². The Bertz CT molecular complexity index is 991. The second-order valence-corrected chi connectivity index (χ2v) is 6.48. The van der Waals surface area contributed by atoms with Crippen LogP contribution in [0.3, 0.4) is 0 Å². The summed E-state index contributed by atoms with van der Waals surface area (Å²) in [6.07, 6.45) is 5.16. The van der Waals surface area contributed by atoms with Crippen molar-refractivity contribution in [3.63, 3.8) is 0 Å². The van der Waals surface area contributed by atoms with Crippen LogP contribution < -0.4 is 0 Å². The van der Waals surface area contributed by atoms with E-state index in [0.29, 0.717) is 18.0 Å². The van der Waals surface area contributed by atoms with Crippen LogP contribution in [0.15, 0.2) is 60.4 Å². The van der Waals surface area contributed by atoms with Crippen molar-refractivity contribution in [1.82, 2.24) is 24.3 Å². The van der Waals surface area contributed by atoms with E-state index in [4.69, 9.17) is 0 Å². The number of benzene rings is 1. The number of imidazole rings is 1. The molecule has 0 saturated heterocycles. The Labute approximate surface area is 148 Å². The van der Waals surface area contributed by atoms with Crippen LogP contribution in [0.2, 0.25) is 0 Å². The van der Waals surface area contributed by atoms with Crippen molar-refractivity contribution in [2.75, 3.05) is 7.05 Å². The van der Waals surface area contributed by atoms with Gasteiger partial charge in [-0.05, 0) is 6.07 Å². The average molecular weight is 349 g/mol. The van der Waals surface area contributed by atoms with Crippen LogP contribution in [0.4, 0.5) is 0 Å². The zero-order valence-electron chi connectivity index (χ0n) is 13.5. The highest BCUT2D eigenvalue weighted by Gasteiger charge is 2.17. The zero-order chi connectivity index (χ0) is 17.2. The molecule has 0 N–H and O–H groups in total. The van der Waals surface area contributed by atoms with Gasteiger partial charge in [0.1, 0.15) is 10.7 Å². The van der Waals surface area contributed by atoms with Crippen LogP contribution in [-0.4, -0.2) is 37.2 Å². The van der Waals surface area contributed by atoms with Gasteiger partial charge in [0.05, 0.1) is 12.2 Å². The first-order valence-electron chi connectivity index (χ1n) is 7.76. The summed E-state index contributed by atoms with van der Waals surface area (Å²) in [4.78, 5) is 27.2. The molecular formula is C18H15N5OS. The maximum atomic E-state index is 12.6. The molecule has 124 valence electrons. The quantitative estimate of drug-likeness (QED) is 0.568. The van der Waals surface area contributed by atoms with Gasteiger partial charge in [0, 0.05) is 36.6 Å². The predicted octanol–water partition coefficient (Wildman–Crippen LogP) is 3.13. The molecule has 0 bridgehead atoms. The van der Waals surface area contributed by atoms with E-state index in [0.717, 1.165) is 16.3 Å². The normalized spacial score (nSPS) is 10.9. The van der Waals surface area contributed by atoms with E-state index in [1.165, 1.54) is 0 Å². The average Bonchev–Trinajstić information content (AvgIpc) is 3.28. The summed E-state index contributed by atoms with van der Waals surface area (Å²) >= 11 is 1.58. The molecule has 6 nitrogen and oxygen atoms in total. The molecule has 0 radical (unpaired) electrons. The van der Waals surface area contributed by atoms with E-state index in [1.807, 2.05) is 41.9 Å². The molecule has 0 saturated carbocycles. The van der Waals surface area contributed by atoms with Gasteiger partial charge in [0.15, 0.2) is 0 Å². The van der Waals surface area contributed by atoms with Crippen molar-refractivity contribution in [1.29, 1.82) is 0 Å². The number of fused-ring (bicyclic) bond motifs is 1. The Hall–Kier alpha value is -3.06. The fourth-order valence-corrected chi connectivity index (χ4v) is 3.35. The van der Waals surface area contributed by atoms with Gasteiger partial charge in [0.2, 0.25) is 5.78 Å². The summed E-state index contributed by atoms with van der Waals surface area (Å²) in [6, 6.07) is 11.8. The summed E-state index contributed by atoms with van der Waals surface area (Å²) in [6.45, 7) is 0.434. The van der Waals surface area contributed by atoms with E-state index in [-0.39, 0.29) is 5.91 Å². The zero-order valence-corrected chi connectivity index (χ0v) is 14.3. The molecule has 0 unspecified atom stereocenters. The molecule has 0 fully saturated rings. The minimum Gasteiger partial charge on any atom is -0.334 e. The third-order valence-corrected chi connectivity index (χ3v) is 4.71. The van der Waals surface area contributed by atoms with E-state index in [1.54, 1.807) is 46.1 Å². The van der Waals surface area contributed by atoms with Crippen LogP contribution in [0.5, 0.6) is 0 Å². The minimum absolute atomic E-state index is 0.153. The maximum absolute atomic E-state index is 12.6. The Morgan fingerprint density at radius 3 is 2.84 bits per heavy atom. The molecule has 0 aliphatic carbocycles. The highest BCUT2D eigenvalue weighted by Crippen LogP contribution is 2.23. The predicted molar refractivity (Wildman–Crippen MR) is 96.3 cm³/mol. The molecule has 25 heavy (non-hydrogen) atoms. The van der Waals surface area contributed by atoms with E-state index in [9.17, 15) is 4.79 Å². The second-order valence-electron chi connectivity index (χ2n) is 5.62. The van der Waals surface area contributed by atoms with Gasteiger partial charge in [-0.1, -0.05) is 30.3 Å². The van der Waals surface area contributed by atoms with Crippen LogP contribution in [-0.2, 0) is 6.54 Å². The highest BCUT2D eigenvalue weighted by molar-refractivity contribution is 7.13. The standard InChI is InChI=1S/C18H15N5OS/c1-22(17(24)15-11-23-9-5-8-19-18(23)21-15)10-14-12-25-16(20-14)13-6-3-2-4-7-13/h2-9,11-12H,10H2,1H3. The number of carbonyl (C=O) groups excluding carboxylic acids is 1. The van der Waals surface area contributed by atoms with Gasteiger partial charge in [-0.15, -0.1) is 11.3 Å². The monoisotopic (exact) mass is 349 g/mol. The summed E-state index contributed by atoms with van der Waals surface area (Å²) in [7, 11) is 1.75. The summed E-state index contributed by atoms with van der Waals surface area (Å²) in [5.74, 6) is 0.360. The molecule has 0 spiro atoms. The first-order chi connectivity index (χ1) is 12.2. The summed E-state index contributed by atoms with van der Waals surface area (Å²) in [5, 5.41) is 2.94. The molecule has 3 aromatic heterocycles. The van der Waals surface area contributed by atoms with Crippen LogP contribution in [0, 0.1) is 0 Å². The van der Waals surface area contributed by atoms with Crippen LogP contribution in [0.1, 0.15) is 16.2 Å². The van der Waals surface area contributed by atoms with Crippen molar-refractivity contribution < 1.29 is 4.79 Å². The van der Waals surface area contributed by atoms with E-state index in [2.05, 4.69) is 15.0 Å². The molecule has 0 aliphatic heterocycles. The summed E-state index contributed by atoms with van der Waals surface area (Å²) in [5.41, 5.74) is 2.32. The third-order valence-electron chi connectivity index (χ3n) is 3.77. The lowest BCUT2D eigenvalue weighted by molar-refractivity contribution is 0.0778. The van der Waals surface area contributed by atoms with Crippen molar-refractivity contribution in [2.24, 2.45) is 0 Å². The lowest BCUT2D eigenvalue weighted by atomic mass is 10.2. The molecule has 7 heteroatoms. The van der Waals surface area contributed by atoms with Crippen molar-refractivity contribution in [2.45, 2.75) is 6.54 Å². The molecule has 1 amide bonds. The molecule has 1 aromatic carbocycles. The molecule has 4 rings (SSSR count). The Balaban J connectivity index is 1.50. The van der Waals surface area contributed by atoms with Crippen molar-refractivity contribution in [3.05, 3.63) is 71.8 Å². The lowest BCUT2D eigenvalue weighted by Gasteiger charge is -2.13. The van der Waals surface area contributed by atoms with Gasteiger partial charge in [-0.2, -0.15) is 0 Å². The van der Waals surface area contributed by atoms with E-state index >= 15 is 0 Å². The third kappa shape index (κ3) is 3.14. The number of hydrogen-bond acceptors (Lipinski definition) is 5. The first kappa shape index (κ1) is 15.5. The molecule has 3 heterocycles. The maximum Gasteiger partial charge on any atom is 0.274 e. The van der Waals surface area contributed by atoms with Crippen LogP contribution >= 0.6 is 11.3 Å². The van der Waals surface area contributed by atoms with Crippen molar-refractivity contribution >= 4 is 23.0 Å². The Morgan fingerprint density at radius 2 is 2.04 bits per heavy atom. The van der Waals surface area contributed by atoms with Crippen molar-refractivity contribution in [3.8, 4) is 10.6 Å². The van der Waals surface area contributed by atoms with E-state index < -0.39 is 0 Å². The summed E-state index contributed by atoms with van der Waals surface area (Å²) < 4.78 is 1.73. The SMILES string of the molecule is CN(Cc1csc(-c2ccccc2)n1)C(=O)c1cn2cccnc2n1. The molecule has 0 aliphatic rings. The Morgan fingerprint density at radius 1 is 1.20 bits per heavy atom. The van der Waals surface area contributed by atoms with Gasteiger partial charge in [0.25, 0.3) is 5.91 Å². The number of carbonyl (C=O) groups is 1. The number of amides is 1. The fraction of sp³-hybridized carbons (Fsp3) is 0.111. The molecular weight excluding hydrogens is 334 g/mol. The first-order valence-corrected chi connectivity index (χ1v) is 8.64.